The molecule has 1 heterocycles. The molecule has 66 valence electrons. The third-order valence-electron chi connectivity index (χ3n) is 2.07. The highest BCUT2D eigenvalue weighted by atomic mass is 16.5. The third kappa shape index (κ3) is 1.97. The number of hydrogen-bond acceptors (Lipinski definition) is 2. The predicted molar refractivity (Wildman–Crippen MR) is 47.7 cm³/mol. The van der Waals surface area contributed by atoms with E-state index in [1.54, 1.807) is 6.26 Å². The molecular formula is C10H14O2. The van der Waals surface area contributed by atoms with Gasteiger partial charge >= 0.3 is 0 Å². The predicted octanol–water partition coefficient (Wildman–Crippen LogP) is 2.21. The average molecular weight is 166 g/mol. The van der Waals surface area contributed by atoms with Crippen LogP contribution in [0.1, 0.15) is 26.7 Å². The molecule has 0 aromatic heterocycles. The van der Waals surface area contributed by atoms with E-state index in [1.807, 2.05) is 6.92 Å². The monoisotopic (exact) mass is 166 g/mol. The Morgan fingerprint density at radius 2 is 2.50 bits per heavy atom. The van der Waals surface area contributed by atoms with Crippen LogP contribution in [0.2, 0.25) is 0 Å². The molecule has 0 amide bonds. The van der Waals surface area contributed by atoms with Gasteiger partial charge in [-0.25, -0.2) is 0 Å². The minimum absolute atomic E-state index is 0.155. The Morgan fingerprint density at radius 3 is 3.08 bits per heavy atom. The van der Waals surface area contributed by atoms with Gasteiger partial charge in [0.1, 0.15) is 12.4 Å². The van der Waals surface area contributed by atoms with Gasteiger partial charge in [0.15, 0.2) is 0 Å². The first-order valence-electron chi connectivity index (χ1n) is 4.24. The summed E-state index contributed by atoms with van der Waals surface area (Å²) < 4.78 is 5.41. The molecule has 12 heavy (non-hydrogen) atoms. The Bertz CT molecular complexity index is 226. The lowest BCUT2D eigenvalue weighted by atomic mass is 10.1. The van der Waals surface area contributed by atoms with Crippen LogP contribution in [-0.2, 0) is 9.53 Å². The van der Waals surface area contributed by atoms with Crippen LogP contribution in [-0.4, -0.2) is 12.4 Å². The van der Waals surface area contributed by atoms with Crippen molar-refractivity contribution in [1.82, 2.24) is 0 Å². The molecule has 0 spiro atoms. The van der Waals surface area contributed by atoms with Crippen LogP contribution >= 0.6 is 0 Å². The fraction of sp³-hybridized carbons (Fsp3) is 0.500. The minimum Gasteiger partial charge on any atom is -0.493 e. The van der Waals surface area contributed by atoms with Crippen LogP contribution in [0.4, 0.5) is 0 Å². The normalized spacial score (nSPS) is 23.3. The molecule has 0 saturated carbocycles. The maximum Gasteiger partial charge on any atom is 0.149 e. The molecule has 1 aliphatic rings. The zero-order valence-corrected chi connectivity index (χ0v) is 7.54. The van der Waals surface area contributed by atoms with Crippen LogP contribution in [0.15, 0.2) is 23.5 Å². The second-order valence-corrected chi connectivity index (χ2v) is 3.00. The van der Waals surface area contributed by atoms with Crippen LogP contribution in [0.25, 0.3) is 0 Å². The molecule has 1 atom stereocenters. The lowest BCUT2D eigenvalue weighted by Crippen LogP contribution is -2.08. The third-order valence-corrected chi connectivity index (χ3v) is 2.07. The van der Waals surface area contributed by atoms with Crippen molar-refractivity contribution in [3.63, 3.8) is 0 Å². The largest absolute Gasteiger partial charge is 0.493 e. The standard InChI is InChI=1S/C10H14O2/c1-3-10-8(2)4-5-9(6-11)7-12-10/h4,6-7,10H,3,5H2,1-2H3/t10-/m0/s1. The first kappa shape index (κ1) is 9.04. The zero-order valence-electron chi connectivity index (χ0n) is 7.54. The van der Waals surface area contributed by atoms with E-state index in [1.165, 1.54) is 5.57 Å². The van der Waals surface area contributed by atoms with Crippen molar-refractivity contribution in [2.45, 2.75) is 32.8 Å². The maximum atomic E-state index is 10.4. The van der Waals surface area contributed by atoms with Crippen LogP contribution in [0, 0.1) is 0 Å². The lowest BCUT2D eigenvalue weighted by Gasteiger charge is -2.13. The summed E-state index contributed by atoms with van der Waals surface area (Å²) in [5.41, 5.74) is 1.93. The summed E-state index contributed by atoms with van der Waals surface area (Å²) in [6.07, 6.45) is 6.29. The van der Waals surface area contributed by atoms with Crippen molar-refractivity contribution < 1.29 is 9.53 Å². The van der Waals surface area contributed by atoms with Gasteiger partial charge < -0.3 is 4.74 Å². The molecule has 0 unspecified atom stereocenters. The van der Waals surface area contributed by atoms with E-state index in [2.05, 4.69) is 13.0 Å². The molecule has 0 aliphatic carbocycles. The van der Waals surface area contributed by atoms with Crippen molar-refractivity contribution >= 4 is 6.29 Å². The van der Waals surface area contributed by atoms with Crippen molar-refractivity contribution in [1.29, 1.82) is 0 Å². The molecule has 0 aromatic carbocycles. The maximum absolute atomic E-state index is 10.4. The van der Waals surface area contributed by atoms with E-state index in [-0.39, 0.29) is 6.10 Å². The van der Waals surface area contributed by atoms with Gasteiger partial charge in [-0.1, -0.05) is 13.0 Å². The number of carbonyl (C=O) groups excluding carboxylic acids is 1. The van der Waals surface area contributed by atoms with Crippen molar-refractivity contribution in [2.75, 3.05) is 0 Å². The van der Waals surface area contributed by atoms with Crippen molar-refractivity contribution in [2.24, 2.45) is 0 Å². The Balaban J connectivity index is 2.73. The molecule has 0 saturated heterocycles. The number of rotatable bonds is 2. The van der Waals surface area contributed by atoms with Gasteiger partial charge in [0, 0.05) is 5.57 Å². The molecule has 2 heteroatoms. The highest BCUT2D eigenvalue weighted by molar-refractivity contribution is 5.73. The smallest absolute Gasteiger partial charge is 0.149 e. The number of carbonyl (C=O) groups is 1. The van der Waals surface area contributed by atoms with Crippen LogP contribution < -0.4 is 0 Å². The molecule has 2 nitrogen and oxygen atoms in total. The summed E-state index contributed by atoms with van der Waals surface area (Å²) >= 11 is 0. The van der Waals surface area contributed by atoms with E-state index >= 15 is 0 Å². The SMILES string of the molecule is CC[C@@H]1OC=C(C=O)CC=C1C. The van der Waals surface area contributed by atoms with Gasteiger partial charge in [0.05, 0.1) is 6.26 Å². The summed E-state index contributed by atoms with van der Waals surface area (Å²) in [5.74, 6) is 0. The first-order valence-corrected chi connectivity index (χ1v) is 4.24. The summed E-state index contributed by atoms with van der Waals surface area (Å²) in [6.45, 7) is 4.11. The van der Waals surface area contributed by atoms with Gasteiger partial charge in [-0.2, -0.15) is 0 Å². The first-order chi connectivity index (χ1) is 5.77. The van der Waals surface area contributed by atoms with Gasteiger partial charge in [0.2, 0.25) is 0 Å². The second kappa shape index (κ2) is 4.10. The molecule has 1 aliphatic heterocycles. The van der Waals surface area contributed by atoms with E-state index < -0.39 is 0 Å². The molecule has 0 bridgehead atoms. The summed E-state index contributed by atoms with van der Waals surface area (Å²) in [7, 11) is 0. The minimum atomic E-state index is 0.155. The van der Waals surface area contributed by atoms with Crippen LogP contribution in [0.3, 0.4) is 0 Å². The van der Waals surface area contributed by atoms with Gasteiger partial charge in [0.25, 0.3) is 0 Å². The Labute approximate surface area is 72.9 Å². The molecule has 0 fully saturated rings. The Hall–Kier alpha value is -1.05. The van der Waals surface area contributed by atoms with E-state index in [9.17, 15) is 4.79 Å². The van der Waals surface area contributed by atoms with Crippen molar-refractivity contribution in [3.05, 3.63) is 23.5 Å². The summed E-state index contributed by atoms with van der Waals surface area (Å²) in [5, 5.41) is 0. The lowest BCUT2D eigenvalue weighted by molar-refractivity contribution is -0.105. The quantitative estimate of drug-likeness (QED) is 0.464. The zero-order chi connectivity index (χ0) is 8.97. The van der Waals surface area contributed by atoms with Crippen molar-refractivity contribution in [3.8, 4) is 0 Å². The Kier molecular flexibility index (Phi) is 3.09. The fourth-order valence-electron chi connectivity index (χ4n) is 1.23. The molecule has 1 rings (SSSR count). The molecule has 0 radical (unpaired) electrons. The topological polar surface area (TPSA) is 26.3 Å². The Morgan fingerprint density at radius 1 is 1.75 bits per heavy atom. The van der Waals surface area contributed by atoms with Gasteiger partial charge in [-0.15, -0.1) is 0 Å². The second-order valence-electron chi connectivity index (χ2n) is 3.00. The van der Waals surface area contributed by atoms with Crippen LogP contribution in [0.5, 0.6) is 0 Å². The number of hydrogen-bond donors (Lipinski definition) is 0. The van der Waals surface area contributed by atoms with E-state index in [4.69, 9.17) is 4.74 Å². The number of aldehydes is 1. The van der Waals surface area contributed by atoms with E-state index in [0.717, 1.165) is 12.7 Å². The van der Waals surface area contributed by atoms with Gasteiger partial charge in [-0.05, 0) is 25.3 Å². The highest BCUT2D eigenvalue weighted by Crippen LogP contribution is 2.17. The summed E-state index contributed by atoms with van der Waals surface area (Å²) in [4.78, 5) is 10.4. The highest BCUT2D eigenvalue weighted by Gasteiger charge is 2.11. The van der Waals surface area contributed by atoms with E-state index in [0.29, 0.717) is 12.0 Å². The molecular weight excluding hydrogens is 152 g/mol. The molecule has 0 aromatic rings. The fourth-order valence-corrected chi connectivity index (χ4v) is 1.23. The summed E-state index contributed by atoms with van der Waals surface area (Å²) in [6, 6.07) is 0. The number of allylic oxidation sites excluding steroid dienone is 2. The number of ether oxygens (including phenoxy) is 1. The molecule has 0 N–H and O–H groups in total. The average Bonchev–Trinajstić information content (AvgIpc) is 2.27. The van der Waals surface area contributed by atoms with Gasteiger partial charge in [-0.3, -0.25) is 4.79 Å².